The molecule has 1 atom stereocenters. The van der Waals surface area contributed by atoms with E-state index in [2.05, 4.69) is 55.9 Å². The summed E-state index contributed by atoms with van der Waals surface area (Å²) >= 11 is 0. The normalized spacial score (nSPS) is 13.4. The van der Waals surface area contributed by atoms with Crippen LogP contribution in [-0.2, 0) is 7.05 Å². The minimum Gasteiger partial charge on any atom is -0.350 e. The molecule has 1 unspecified atom stereocenters. The highest BCUT2D eigenvalue weighted by Gasteiger charge is 2.10. The Morgan fingerprint density at radius 3 is 2.71 bits per heavy atom. The average Bonchev–Trinajstić information content (AvgIpc) is 2.56. The van der Waals surface area contributed by atoms with Crippen molar-refractivity contribution in [2.75, 3.05) is 0 Å². The molecule has 2 aromatic rings. The zero-order valence-electron chi connectivity index (χ0n) is 9.12. The summed E-state index contributed by atoms with van der Waals surface area (Å²) in [5.41, 5.74) is 2.81. The highest BCUT2D eigenvalue weighted by Crippen LogP contribution is 2.28. The number of aromatic nitrogens is 1. The number of fused-ring (bicyclic) bond motifs is 1. The molecule has 0 aliphatic carbocycles. The standard InChI is InChI=1S/C13H17N/c1-4-10(2)12-9-14(3)13-8-6-5-7-11(12)13/h5-10H,4H2,1-3H3. The van der Waals surface area contributed by atoms with Gasteiger partial charge in [-0.05, 0) is 24.0 Å². The third-order valence-electron chi connectivity index (χ3n) is 3.07. The van der Waals surface area contributed by atoms with Gasteiger partial charge in [-0.2, -0.15) is 0 Å². The number of hydrogen-bond donors (Lipinski definition) is 0. The van der Waals surface area contributed by atoms with Crippen molar-refractivity contribution in [2.24, 2.45) is 7.05 Å². The SMILES string of the molecule is CCC(C)c1cn(C)c2ccccc12. The minimum atomic E-state index is 0.654. The summed E-state index contributed by atoms with van der Waals surface area (Å²) in [6, 6.07) is 8.62. The Balaban J connectivity index is 2.66. The molecule has 2 rings (SSSR count). The van der Waals surface area contributed by atoms with Crippen LogP contribution >= 0.6 is 0 Å². The Labute approximate surface area is 85.4 Å². The highest BCUT2D eigenvalue weighted by atomic mass is 14.9. The van der Waals surface area contributed by atoms with Crippen LogP contribution < -0.4 is 0 Å². The van der Waals surface area contributed by atoms with Gasteiger partial charge in [-0.15, -0.1) is 0 Å². The van der Waals surface area contributed by atoms with E-state index in [4.69, 9.17) is 0 Å². The molecular formula is C13H17N. The Bertz CT molecular complexity index is 439. The number of benzene rings is 1. The van der Waals surface area contributed by atoms with E-state index in [-0.39, 0.29) is 0 Å². The molecule has 1 nitrogen and oxygen atoms in total. The van der Waals surface area contributed by atoms with Crippen molar-refractivity contribution in [1.82, 2.24) is 4.57 Å². The lowest BCUT2D eigenvalue weighted by atomic mass is 9.98. The second-order valence-electron chi connectivity index (χ2n) is 4.02. The first-order valence-corrected chi connectivity index (χ1v) is 5.28. The van der Waals surface area contributed by atoms with Crippen LogP contribution in [0.4, 0.5) is 0 Å². The number of aryl methyl sites for hydroxylation is 1. The Morgan fingerprint density at radius 2 is 2.00 bits per heavy atom. The lowest BCUT2D eigenvalue weighted by molar-refractivity contribution is 0.734. The molecule has 0 radical (unpaired) electrons. The maximum atomic E-state index is 2.29. The van der Waals surface area contributed by atoms with E-state index >= 15 is 0 Å². The highest BCUT2D eigenvalue weighted by molar-refractivity contribution is 5.84. The zero-order valence-corrected chi connectivity index (χ0v) is 9.12. The molecule has 0 aliphatic heterocycles. The van der Waals surface area contributed by atoms with Crippen molar-refractivity contribution in [3.63, 3.8) is 0 Å². The van der Waals surface area contributed by atoms with Gasteiger partial charge in [0.25, 0.3) is 0 Å². The van der Waals surface area contributed by atoms with Gasteiger partial charge < -0.3 is 4.57 Å². The lowest BCUT2D eigenvalue weighted by Gasteiger charge is -2.05. The van der Waals surface area contributed by atoms with Crippen molar-refractivity contribution in [3.05, 3.63) is 36.0 Å². The molecule has 0 spiro atoms. The predicted octanol–water partition coefficient (Wildman–Crippen LogP) is 3.69. The predicted molar refractivity (Wildman–Crippen MR) is 61.6 cm³/mol. The summed E-state index contributed by atoms with van der Waals surface area (Å²) < 4.78 is 2.22. The quantitative estimate of drug-likeness (QED) is 0.675. The van der Waals surface area contributed by atoms with Crippen LogP contribution in [0.1, 0.15) is 31.7 Å². The van der Waals surface area contributed by atoms with Gasteiger partial charge in [0.15, 0.2) is 0 Å². The van der Waals surface area contributed by atoms with Gasteiger partial charge in [-0.1, -0.05) is 32.0 Å². The first kappa shape index (κ1) is 9.32. The van der Waals surface area contributed by atoms with Gasteiger partial charge in [0.05, 0.1) is 0 Å². The van der Waals surface area contributed by atoms with Crippen molar-refractivity contribution in [1.29, 1.82) is 0 Å². The van der Waals surface area contributed by atoms with Crippen molar-refractivity contribution in [2.45, 2.75) is 26.2 Å². The van der Waals surface area contributed by atoms with Gasteiger partial charge in [-0.25, -0.2) is 0 Å². The van der Waals surface area contributed by atoms with Gasteiger partial charge in [0.1, 0.15) is 0 Å². The molecule has 14 heavy (non-hydrogen) atoms. The molecule has 0 fully saturated rings. The van der Waals surface area contributed by atoms with Crippen LogP contribution in [0.5, 0.6) is 0 Å². The molecule has 0 bridgehead atoms. The molecule has 1 aromatic carbocycles. The maximum absolute atomic E-state index is 2.29. The molecular weight excluding hydrogens is 170 g/mol. The van der Waals surface area contributed by atoms with E-state index in [1.54, 1.807) is 0 Å². The maximum Gasteiger partial charge on any atom is 0.0480 e. The fourth-order valence-electron chi connectivity index (χ4n) is 1.99. The average molecular weight is 187 g/mol. The third kappa shape index (κ3) is 1.33. The van der Waals surface area contributed by atoms with Gasteiger partial charge in [-0.3, -0.25) is 0 Å². The molecule has 1 heteroatoms. The fourth-order valence-corrected chi connectivity index (χ4v) is 1.99. The van der Waals surface area contributed by atoms with Crippen molar-refractivity contribution >= 4 is 10.9 Å². The Hall–Kier alpha value is -1.24. The molecule has 1 heterocycles. The summed E-state index contributed by atoms with van der Waals surface area (Å²) in [7, 11) is 2.12. The topological polar surface area (TPSA) is 4.93 Å². The minimum absolute atomic E-state index is 0.654. The van der Waals surface area contributed by atoms with E-state index in [1.807, 2.05) is 0 Å². The molecule has 0 amide bonds. The number of nitrogens with zero attached hydrogens (tertiary/aromatic N) is 1. The first-order chi connectivity index (χ1) is 6.74. The lowest BCUT2D eigenvalue weighted by Crippen LogP contribution is -1.88. The van der Waals surface area contributed by atoms with Crippen LogP contribution in [0.15, 0.2) is 30.5 Å². The van der Waals surface area contributed by atoms with E-state index in [9.17, 15) is 0 Å². The van der Waals surface area contributed by atoms with Crippen molar-refractivity contribution in [3.8, 4) is 0 Å². The monoisotopic (exact) mass is 187 g/mol. The van der Waals surface area contributed by atoms with Gasteiger partial charge >= 0.3 is 0 Å². The summed E-state index contributed by atoms with van der Waals surface area (Å²) in [6.45, 7) is 4.54. The van der Waals surface area contributed by atoms with E-state index in [1.165, 1.54) is 22.9 Å². The van der Waals surface area contributed by atoms with Crippen LogP contribution in [0.25, 0.3) is 10.9 Å². The van der Waals surface area contributed by atoms with Crippen LogP contribution in [0.3, 0.4) is 0 Å². The molecule has 74 valence electrons. The largest absolute Gasteiger partial charge is 0.350 e. The third-order valence-corrected chi connectivity index (χ3v) is 3.07. The van der Waals surface area contributed by atoms with E-state index < -0.39 is 0 Å². The summed E-state index contributed by atoms with van der Waals surface area (Å²) in [6.07, 6.45) is 3.47. The van der Waals surface area contributed by atoms with Crippen molar-refractivity contribution < 1.29 is 0 Å². The van der Waals surface area contributed by atoms with Crippen LogP contribution in [0, 0.1) is 0 Å². The molecule has 0 N–H and O–H groups in total. The Kier molecular flexibility index (Phi) is 2.32. The second-order valence-corrected chi connectivity index (χ2v) is 4.02. The van der Waals surface area contributed by atoms with Crippen LogP contribution in [0.2, 0.25) is 0 Å². The number of para-hydroxylation sites is 1. The van der Waals surface area contributed by atoms with Gasteiger partial charge in [0.2, 0.25) is 0 Å². The van der Waals surface area contributed by atoms with Gasteiger partial charge in [0, 0.05) is 24.1 Å². The molecule has 0 aliphatic rings. The van der Waals surface area contributed by atoms with E-state index in [0.717, 1.165) is 0 Å². The fraction of sp³-hybridized carbons (Fsp3) is 0.385. The molecule has 1 aromatic heterocycles. The second kappa shape index (κ2) is 3.49. The molecule has 0 saturated carbocycles. The number of hydrogen-bond acceptors (Lipinski definition) is 0. The van der Waals surface area contributed by atoms with Crippen LogP contribution in [-0.4, -0.2) is 4.57 Å². The Morgan fingerprint density at radius 1 is 1.29 bits per heavy atom. The summed E-state index contributed by atoms with van der Waals surface area (Å²) in [5, 5.41) is 1.41. The smallest absolute Gasteiger partial charge is 0.0480 e. The molecule has 0 saturated heterocycles. The summed E-state index contributed by atoms with van der Waals surface area (Å²) in [4.78, 5) is 0. The number of rotatable bonds is 2. The van der Waals surface area contributed by atoms with E-state index in [0.29, 0.717) is 5.92 Å². The zero-order chi connectivity index (χ0) is 10.1. The first-order valence-electron chi connectivity index (χ1n) is 5.28. The summed E-state index contributed by atoms with van der Waals surface area (Å²) in [5.74, 6) is 0.654.